The Morgan fingerprint density at radius 2 is 2.12 bits per heavy atom. The molecule has 1 atom stereocenters. The molecule has 2 rings (SSSR count). The number of carbonyl (C=O) groups excluding carboxylic acids is 1. The van der Waals surface area contributed by atoms with Crippen LogP contribution in [0.1, 0.15) is 29.3 Å². The van der Waals surface area contributed by atoms with Crippen molar-refractivity contribution in [2.45, 2.75) is 13.0 Å². The Morgan fingerprint density at radius 3 is 2.71 bits per heavy atom. The summed E-state index contributed by atoms with van der Waals surface area (Å²) in [6.45, 7) is 1.55. The van der Waals surface area contributed by atoms with Crippen molar-refractivity contribution in [3.63, 3.8) is 0 Å². The molecule has 3 N–H and O–H groups in total. The molecular formula is C9H10N6O2. The van der Waals surface area contributed by atoms with Crippen LogP contribution >= 0.6 is 0 Å². The smallest absolute Gasteiger partial charge is 0.288 e. The van der Waals surface area contributed by atoms with E-state index in [0.717, 1.165) is 0 Å². The van der Waals surface area contributed by atoms with Gasteiger partial charge in [-0.2, -0.15) is 4.68 Å². The first-order valence-corrected chi connectivity index (χ1v) is 4.80. The zero-order valence-corrected chi connectivity index (χ0v) is 8.98. The summed E-state index contributed by atoms with van der Waals surface area (Å²) in [4.78, 5) is 22.6. The molecule has 17 heavy (non-hydrogen) atoms. The van der Waals surface area contributed by atoms with Crippen LogP contribution in [0.4, 0.5) is 0 Å². The van der Waals surface area contributed by atoms with Crippen molar-refractivity contribution in [1.29, 1.82) is 0 Å². The molecule has 1 unspecified atom stereocenters. The number of carbonyl (C=O) groups is 1. The van der Waals surface area contributed by atoms with Gasteiger partial charge in [-0.05, 0) is 6.92 Å². The minimum atomic E-state index is -0.806. The van der Waals surface area contributed by atoms with Gasteiger partial charge in [0.15, 0.2) is 5.82 Å². The molecular weight excluding hydrogens is 224 g/mol. The van der Waals surface area contributed by atoms with Crippen LogP contribution in [0.2, 0.25) is 0 Å². The van der Waals surface area contributed by atoms with Crippen LogP contribution in [0.15, 0.2) is 18.7 Å². The Kier molecular flexibility index (Phi) is 2.79. The third-order valence-electron chi connectivity index (χ3n) is 2.03. The lowest BCUT2D eigenvalue weighted by molar-refractivity contribution is 0.0990. The number of amides is 1. The van der Waals surface area contributed by atoms with Crippen molar-refractivity contribution in [3.8, 4) is 5.82 Å². The molecule has 0 spiro atoms. The van der Waals surface area contributed by atoms with Crippen LogP contribution in [-0.2, 0) is 0 Å². The van der Waals surface area contributed by atoms with Gasteiger partial charge in [0.05, 0.1) is 6.10 Å². The molecule has 0 aliphatic heterocycles. The van der Waals surface area contributed by atoms with Gasteiger partial charge in [-0.1, -0.05) is 0 Å². The SMILES string of the molecule is CC(O)c1nccnc1-n1cnc(C(N)=O)n1. The summed E-state index contributed by atoms with van der Waals surface area (Å²) in [5, 5.41) is 13.4. The zero-order chi connectivity index (χ0) is 12.4. The van der Waals surface area contributed by atoms with Gasteiger partial charge in [-0.25, -0.2) is 9.97 Å². The molecule has 0 aliphatic carbocycles. The minimum Gasteiger partial charge on any atom is -0.387 e. The van der Waals surface area contributed by atoms with Crippen LogP contribution in [0, 0.1) is 0 Å². The molecule has 2 heterocycles. The summed E-state index contributed by atoms with van der Waals surface area (Å²) < 4.78 is 1.25. The highest BCUT2D eigenvalue weighted by Crippen LogP contribution is 2.15. The van der Waals surface area contributed by atoms with Crippen molar-refractivity contribution >= 4 is 5.91 Å². The van der Waals surface area contributed by atoms with E-state index < -0.39 is 12.0 Å². The third kappa shape index (κ3) is 2.11. The third-order valence-corrected chi connectivity index (χ3v) is 2.03. The normalized spacial score (nSPS) is 12.4. The number of nitrogens with two attached hydrogens (primary N) is 1. The summed E-state index contributed by atoms with van der Waals surface area (Å²) >= 11 is 0. The van der Waals surface area contributed by atoms with Gasteiger partial charge in [-0.3, -0.25) is 9.78 Å². The van der Waals surface area contributed by atoms with Crippen LogP contribution in [0.3, 0.4) is 0 Å². The first kappa shape index (κ1) is 11.1. The minimum absolute atomic E-state index is 0.118. The summed E-state index contributed by atoms with van der Waals surface area (Å²) in [7, 11) is 0. The Morgan fingerprint density at radius 1 is 1.41 bits per heavy atom. The first-order valence-electron chi connectivity index (χ1n) is 4.80. The van der Waals surface area contributed by atoms with Crippen LogP contribution in [0.5, 0.6) is 0 Å². The monoisotopic (exact) mass is 234 g/mol. The molecule has 0 radical (unpaired) electrons. The number of aromatic nitrogens is 5. The van der Waals surface area contributed by atoms with E-state index in [1.165, 1.54) is 23.4 Å². The lowest BCUT2D eigenvalue weighted by Gasteiger charge is -2.07. The van der Waals surface area contributed by atoms with E-state index in [2.05, 4.69) is 20.1 Å². The standard InChI is InChI=1S/C9H10N6O2/c1-5(16)6-9(12-3-2-11-6)15-4-13-8(14-15)7(10)17/h2-5,16H,1H3,(H2,10,17). The predicted molar refractivity (Wildman–Crippen MR) is 56.1 cm³/mol. The molecule has 88 valence electrons. The van der Waals surface area contributed by atoms with Crippen molar-refractivity contribution in [3.05, 3.63) is 30.2 Å². The molecule has 1 amide bonds. The molecule has 8 heteroatoms. The first-order chi connectivity index (χ1) is 8.09. The fourth-order valence-electron chi connectivity index (χ4n) is 1.29. The Balaban J connectivity index is 2.48. The highest BCUT2D eigenvalue weighted by Gasteiger charge is 2.15. The molecule has 0 bridgehead atoms. The van der Waals surface area contributed by atoms with Crippen molar-refractivity contribution in [2.75, 3.05) is 0 Å². The highest BCUT2D eigenvalue weighted by atomic mass is 16.3. The van der Waals surface area contributed by atoms with E-state index >= 15 is 0 Å². The predicted octanol–water partition coefficient (Wildman–Crippen LogP) is -0.791. The Labute approximate surface area is 96.1 Å². The van der Waals surface area contributed by atoms with E-state index in [9.17, 15) is 9.90 Å². The van der Waals surface area contributed by atoms with Crippen LogP contribution in [0.25, 0.3) is 5.82 Å². The van der Waals surface area contributed by atoms with Crippen molar-refractivity contribution in [2.24, 2.45) is 5.73 Å². The van der Waals surface area contributed by atoms with Gasteiger partial charge < -0.3 is 10.8 Å². The molecule has 0 aliphatic rings. The molecule has 0 aromatic carbocycles. The number of aliphatic hydroxyl groups excluding tert-OH is 1. The van der Waals surface area contributed by atoms with Crippen molar-refractivity contribution < 1.29 is 9.90 Å². The molecule has 0 saturated carbocycles. The van der Waals surface area contributed by atoms with Gasteiger partial charge >= 0.3 is 0 Å². The molecule has 8 nitrogen and oxygen atoms in total. The Bertz CT molecular complexity index is 550. The number of rotatable bonds is 3. The quantitative estimate of drug-likeness (QED) is 0.718. The maximum atomic E-state index is 10.9. The number of nitrogens with zero attached hydrogens (tertiary/aromatic N) is 5. The van der Waals surface area contributed by atoms with Gasteiger partial charge in [0, 0.05) is 12.4 Å². The molecule has 0 saturated heterocycles. The zero-order valence-electron chi connectivity index (χ0n) is 8.98. The summed E-state index contributed by atoms with van der Waals surface area (Å²) in [6.07, 6.45) is 3.39. The average molecular weight is 234 g/mol. The molecule has 0 fully saturated rings. The molecule has 2 aromatic rings. The molecule has 2 aromatic heterocycles. The number of hydrogen-bond acceptors (Lipinski definition) is 6. The largest absolute Gasteiger partial charge is 0.387 e. The second kappa shape index (κ2) is 4.26. The van der Waals surface area contributed by atoms with E-state index in [1.807, 2.05) is 0 Å². The number of aliphatic hydroxyl groups is 1. The van der Waals surface area contributed by atoms with Gasteiger partial charge in [0.2, 0.25) is 5.82 Å². The van der Waals surface area contributed by atoms with Gasteiger partial charge in [0.25, 0.3) is 5.91 Å². The lowest BCUT2D eigenvalue weighted by atomic mass is 10.3. The van der Waals surface area contributed by atoms with E-state index in [4.69, 9.17) is 5.73 Å². The Hall–Kier alpha value is -2.35. The number of hydrogen-bond donors (Lipinski definition) is 2. The van der Waals surface area contributed by atoms with Gasteiger partial charge in [0.1, 0.15) is 12.0 Å². The number of primary amides is 1. The summed E-state index contributed by atoms with van der Waals surface area (Å²) in [5.41, 5.74) is 5.38. The van der Waals surface area contributed by atoms with E-state index in [0.29, 0.717) is 11.5 Å². The second-order valence-electron chi connectivity index (χ2n) is 3.32. The summed E-state index contributed by atoms with van der Waals surface area (Å²) in [5.74, 6) is -0.541. The van der Waals surface area contributed by atoms with Crippen LogP contribution in [-0.4, -0.2) is 35.7 Å². The fourth-order valence-corrected chi connectivity index (χ4v) is 1.29. The van der Waals surface area contributed by atoms with E-state index in [1.54, 1.807) is 6.92 Å². The summed E-state index contributed by atoms with van der Waals surface area (Å²) in [6, 6.07) is 0. The average Bonchev–Trinajstić information content (AvgIpc) is 2.78. The topological polar surface area (TPSA) is 120 Å². The second-order valence-corrected chi connectivity index (χ2v) is 3.32. The van der Waals surface area contributed by atoms with Crippen molar-refractivity contribution in [1.82, 2.24) is 24.7 Å². The highest BCUT2D eigenvalue weighted by molar-refractivity contribution is 5.88. The van der Waals surface area contributed by atoms with Gasteiger partial charge in [-0.15, -0.1) is 5.10 Å². The van der Waals surface area contributed by atoms with E-state index in [-0.39, 0.29) is 5.82 Å². The lowest BCUT2D eigenvalue weighted by Crippen LogP contribution is -2.14. The fraction of sp³-hybridized carbons (Fsp3) is 0.222. The van der Waals surface area contributed by atoms with Crippen LogP contribution < -0.4 is 5.73 Å². The maximum absolute atomic E-state index is 10.9. The maximum Gasteiger partial charge on any atom is 0.288 e.